The Morgan fingerprint density at radius 2 is 1.94 bits per heavy atom. The summed E-state index contributed by atoms with van der Waals surface area (Å²) in [7, 11) is 0. The molecule has 0 saturated heterocycles. The molecule has 2 rings (SSSR count). The van der Waals surface area contributed by atoms with Gasteiger partial charge in [0, 0.05) is 6.04 Å². The van der Waals surface area contributed by atoms with Crippen LogP contribution in [0.15, 0.2) is 24.3 Å². The van der Waals surface area contributed by atoms with Gasteiger partial charge in [-0.25, -0.2) is 0 Å². The minimum absolute atomic E-state index is 0.149. The minimum atomic E-state index is -0.149. The molecule has 1 saturated carbocycles. The van der Waals surface area contributed by atoms with Crippen LogP contribution in [0.5, 0.6) is 0 Å². The van der Waals surface area contributed by atoms with E-state index in [1.54, 1.807) is 0 Å². The Bertz CT molecular complexity index is 382. The highest BCUT2D eigenvalue weighted by Crippen LogP contribution is 2.22. The van der Waals surface area contributed by atoms with Crippen molar-refractivity contribution < 1.29 is 0 Å². The Kier molecular flexibility index (Phi) is 4.17. The number of nitrogens with one attached hydrogen (secondary N) is 1. The van der Waals surface area contributed by atoms with Gasteiger partial charge in [0.25, 0.3) is 0 Å². The summed E-state index contributed by atoms with van der Waals surface area (Å²) in [5, 5.41) is 12.7. The number of nitriles is 1. The van der Waals surface area contributed by atoms with Crippen molar-refractivity contribution in [2.75, 3.05) is 0 Å². The number of aryl methyl sites for hydroxylation is 1. The van der Waals surface area contributed by atoms with Crippen molar-refractivity contribution in [3.63, 3.8) is 0 Å². The third-order valence-electron chi connectivity index (χ3n) is 3.61. The molecule has 0 amide bonds. The number of rotatable bonds is 4. The number of hydrogen-bond donors (Lipinski definition) is 1. The summed E-state index contributed by atoms with van der Waals surface area (Å²) in [5.41, 5.74) is 2.42. The molecule has 1 unspecified atom stereocenters. The van der Waals surface area contributed by atoms with E-state index in [1.165, 1.54) is 31.2 Å². The topological polar surface area (TPSA) is 35.8 Å². The highest BCUT2D eigenvalue weighted by molar-refractivity contribution is 5.28. The van der Waals surface area contributed by atoms with Gasteiger partial charge in [-0.15, -0.1) is 0 Å². The molecule has 1 N–H and O–H groups in total. The zero-order chi connectivity index (χ0) is 12.1. The lowest BCUT2D eigenvalue weighted by atomic mass is 10.0. The molecule has 90 valence electrons. The monoisotopic (exact) mass is 228 g/mol. The normalized spacial score (nSPS) is 17.9. The van der Waals surface area contributed by atoms with E-state index in [0.717, 1.165) is 12.0 Å². The van der Waals surface area contributed by atoms with E-state index >= 15 is 0 Å². The first-order valence-corrected chi connectivity index (χ1v) is 6.58. The predicted octanol–water partition coefficient (Wildman–Crippen LogP) is 3.35. The Morgan fingerprint density at radius 1 is 1.29 bits per heavy atom. The van der Waals surface area contributed by atoms with Gasteiger partial charge in [-0.05, 0) is 30.4 Å². The van der Waals surface area contributed by atoms with Gasteiger partial charge in [0.15, 0.2) is 0 Å². The van der Waals surface area contributed by atoms with Crippen LogP contribution in [0, 0.1) is 11.3 Å². The number of benzene rings is 1. The Hall–Kier alpha value is -1.33. The van der Waals surface area contributed by atoms with Crippen molar-refractivity contribution in [2.45, 2.75) is 51.1 Å². The molecule has 1 aromatic rings. The molecule has 1 aliphatic carbocycles. The summed E-state index contributed by atoms with van der Waals surface area (Å²) in [5.74, 6) is 0. The lowest BCUT2D eigenvalue weighted by Crippen LogP contribution is -2.29. The van der Waals surface area contributed by atoms with E-state index < -0.39 is 0 Å². The number of hydrogen-bond acceptors (Lipinski definition) is 2. The van der Waals surface area contributed by atoms with Crippen LogP contribution in [-0.2, 0) is 6.42 Å². The lowest BCUT2D eigenvalue weighted by Gasteiger charge is -2.17. The van der Waals surface area contributed by atoms with Gasteiger partial charge in [0.1, 0.15) is 6.04 Å². The quantitative estimate of drug-likeness (QED) is 0.858. The molecule has 2 nitrogen and oxygen atoms in total. The Balaban J connectivity index is 2.03. The molecule has 1 aliphatic rings. The summed E-state index contributed by atoms with van der Waals surface area (Å²) in [4.78, 5) is 0. The van der Waals surface area contributed by atoms with Crippen LogP contribution in [-0.4, -0.2) is 6.04 Å². The van der Waals surface area contributed by atoms with Gasteiger partial charge in [0.2, 0.25) is 0 Å². The molecular weight excluding hydrogens is 208 g/mol. The molecule has 2 heteroatoms. The van der Waals surface area contributed by atoms with Crippen molar-refractivity contribution in [3.8, 4) is 6.07 Å². The van der Waals surface area contributed by atoms with E-state index in [4.69, 9.17) is 0 Å². The van der Waals surface area contributed by atoms with Gasteiger partial charge >= 0.3 is 0 Å². The fourth-order valence-electron chi connectivity index (χ4n) is 2.48. The van der Waals surface area contributed by atoms with E-state index in [1.807, 2.05) is 0 Å². The van der Waals surface area contributed by atoms with Crippen LogP contribution in [0.25, 0.3) is 0 Å². The molecule has 0 heterocycles. The first-order valence-electron chi connectivity index (χ1n) is 6.58. The van der Waals surface area contributed by atoms with Gasteiger partial charge in [0.05, 0.1) is 6.07 Å². The molecule has 0 spiro atoms. The second kappa shape index (κ2) is 5.84. The average Bonchev–Trinajstić information content (AvgIpc) is 2.89. The first-order chi connectivity index (χ1) is 8.33. The lowest BCUT2D eigenvalue weighted by molar-refractivity contribution is 0.492. The zero-order valence-corrected chi connectivity index (χ0v) is 10.4. The van der Waals surface area contributed by atoms with Crippen LogP contribution in [0.1, 0.15) is 49.8 Å². The summed E-state index contributed by atoms with van der Waals surface area (Å²) >= 11 is 0. The Labute approximate surface area is 104 Å². The first kappa shape index (κ1) is 12.1. The summed E-state index contributed by atoms with van der Waals surface area (Å²) in [6.45, 7) is 2.15. The molecule has 0 radical (unpaired) electrons. The summed E-state index contributed by atoms with van der Waals surface area (Å²) in [6.07, 6.45) is 6.07. The van der Waals surface area contributed by atoms with Crippen LogP contribution in [0.4, 0.5) is 0 Å². The predicted molar refractivity (Wildman–Crippen MR) is 69.6 cm³/mol. The Morgan fingerprint density at radius 3 is 2.47 bits per heavy atom. The maximum Gasteiger partial charge on any atom is 0.121 e. The van der Waals surface area contributed by atoms with E-state index in [-0.39, 0.29) is 6.04 Å². The van der Waals surface area contributed by atoms with E-state index in [9.17, 15) is 5.26 Å². The van der Waals surface area contributed by atoms with Crippen molar-refractivity contribution in [1.29, 1.82) is 5.26 Å². The molecule has 0 aromatic heterocycles. The third kappa shape index (κ3) is 3.08. The van der Waals surface area contributed by atoms with Crippen LogP contribution in [0.3, 0.4) is 0 Å². The summed E-state index contributed by atoms with van der Waals surface area (Å²) < 4.78 is 0. The van der Waals surface area contributed by atoms with Crippen molar-refractivity contribution >= 4 is 0 Å². The molecule has 1 atom stereocenters. The SMILES string of the molecule is CCc1ccc(C(C#N)NC2CCCC2)cc1. The van der Waals surface area contributed by atoms with Crippen LogP contribution >= 0.6 is 0 Å². The molecule has 1 fully saturated rings. The van der Waals surface area contributed by atoms with Gasteiger partial charge in [-0.2, -0.15) is 5.26 Å². The zero-order valence-electron chi connectivity index (χ0n) is 10.4. The second-order valence-corrected chi connectivity index (χ2v) is 4.81. The van der Waals surface area contributed by atoms with Gasteiger partial charge in [-0.3, -0.25) is 5.32 Å². The highest BCUT2D eigenvalue weighted by atomic mass is 15.0. The maximum absolute atomic E-state index is 9.25. The van der Waals surface area contributed by atoms with Gasteiger partial charge in [-0.1, -0.05) is 44.0 Å². The minimum Gasteiger partial charge on any atom is -0.295 e. The molecule has 0 bridgehead atoms. The van der Waals surface area contributed by atoms with Crippen LogP contribution in [0.2, 0.25) is 0 Å². The number of nitrogens with zero attached hydrogens (tertiary/aromatic N) is 1. The highest BCUT2D eigenvalue weighted by Gasteiger charge is 2.19. The van der Waals surface area contributed by atoms with Gasteiger partial charge < -0.3 is 0 Å². The van der Waals surface area contributed by atoms with Crippen LogP contribution < -0.4 is 5.32 Å². The smallest absolute Gasteiger partial charge is 0.121 e. The molecule has 0 aliphatic heterocycles. The fourth-order valence-corrected chi connectivity index (χ4v) is 2.48. The summed E-state index contributed by atoms with van der Waals surface area (Å²) in [6, 6.07) is 11.2. The fraction of sp³-hybridized carbons (Fsp3) is 0.533. The average molecular weight is 228 g/mol. The maximum atomic E-state index is 9.25. The molecular formula is C15H20N2. The van der Waals surface area contributed by atoms with E-state index in [2.05, 4.69) is 42.6 Å². The largest absolute Gasteiger partial charge is 0.295 e. The standard InChI is InChI=1S/C15H20N2/c1-2-12-7-9-13(10-8-12)15(11-16)17-14-5-3-4-6-14/h7-10,14-15,17H,2-6H2,1H3. The molecule has 1 aromatic carbocycles. The van der Waals surface area contributed by atoms with Crippen molar-refractivity contribution in [3.05, 3.63) is 35.4 Å². The second-order valence-electron chi connectivity index (χ2n) is 4.81. The molecule has 17 heavy (non-hydrogen) atoms. The van der Waals surface area contributed by atoms with Crippen molar-refractivity contribution in [1.82, 2.24) is 5.32 Å². The van der Waals surface area contributed by atoms with E-state index in [0.29, 0.717) is 6.04 Å². The third-order valence-corrected chi connectivity index (χ3v) is 3.61. The van der Waals surface area contributed by atoms with Crippen molar-refractivity contribution in [2.24, 2.45) is 0 Å².